The summed E-state index contributed by atoms with van der Waals surface area (Å²) in [6.45, 7) is 8.02. The Hall–Kier alpha value is -2.16. The first-order chi connectivity index (χ1) is 12.9. The lowest BCUT2D eigenvalue weighted by Gasteiger charge is -2.06. The van der Waals surface area contributed by atoms with Crippen molar-refractivity contribution in [1.82, 2.24) is 15.4 Å². The number of thiophene rings is 1. The zero-order chi connectivity index (χ0) is 19.6. The molecular weight excluding hydrogens is 382 g/mol. The van der Waals surface area contributed by atoms with Gasteiger partial charge in [0.1, 0.15) is 10.7 Å². The molecule has 3 aromatic rings. The molecule has 0 saturated carbocycles. The van der Waals surface area contributed by atoms with Gasteiger partial charge in [-0.15, -0.1) is 23.1 Å². The molecule has 142 valence electrons. The molecule has 2 heterocycles. The number of fused-ring (bicyclic) bond motifs is 1. The van der Waals surface area contributed by atoms with Gasteiger partial charge < -0.3 is 4.98 Å². The third-order valence-corrected chi connectivity index (χ3v) is 6.43. The van der Waals surface area contributed by atoms with E-state index in [4.69, 9.17) is 4.84 Å². The highest BCUT2D eigenvalue weighted by Gasteiger charge is 2.19. The Labute approximate surface area is 165 Å². The zero-order valence-corrected chi connectivity index (χ0v) is 17.3. The molecule has 6 nitrogen and oxygen atoms in total. The third-order valence-electron chi connectivity index (χ3n) is 4.07. The molecule has 0 aliphatic carbocycles. The van der Waals surface area contributed by atoms with Crippen LogP contribution in [0.25, 0.3) is 10.2 Å². The van der Waals surface area contributed by atoms with Gasteiger partial charge in [-0.2, -0.15) is 0 Å². The van der Waals surface area contributed by atoms with Crippen molar-refractivity contribution in [1.29, 1.82) is 0 Å². The molecule has 0 fully saturated rings. The van der Waals surface area contributed by atoms with Crippen molar-refractivity contribution in [2.75, 3.05) is 6.61 Å². The van der Waals surface area contributed by atoms with Gasteiger partial charge in [0.2, 0.25) is 0 Å². The Bertz CT molecular complexity index is 1060. The van der Waals surface area contributed by atoms with E-state index in [9.17, 15) is 9.59 Å². The summed E-state index contributed by atoms with van der Waals surface area (Å²) in [4.78, 5) is 39.3. The van der Waals surface area contributed by atoms with Crippen LogP contribution in [-0.2, 0) is 10.6 Å². The van der Waals surface area contributed by atoms with Gasteiger partial charge in [0.15, 0.2) is 0 Å². The van der Waals surface area contributed by atoms with Crippen molar-refractivity contribution < 1.29 is 9.63 Å². The number of thioether (sulfide) groups is 1. The second kappa shape index (κ2) is 8.24. The van der Waals surface area contributed by atoms with Crippen molar-refractivity contribution >= 4 is 39.2 Å². The molecule has 0 unspecified atom stereocenters. The number of carbonyl (C=O) groups is 1. The summed E-state index contributed by atoms with van der Waals surface area (Å²) in [6.07, 6.45) is 0. The average Bonchev–Trinajstić information content (AvgIpc) is 2.97. The van der Waals surface area contributed by atoms with E-state index in [-0.39, 0.29) is 11.5 Å². The largest absolute Gasteiger partial charge is 0.309 e. The van der Waals surface area contributed by atoms with Gasteiger partial charge in [-0.25, -0.2) is 10.5 Å². The number of hydrogen-bond acceptors (Lipinski definition) is 6. The number of carbonyl (C=O) groups excluding carboxylic acids is 1. The Kier molecular flexibility index (Phi) is 5.98. The van der Waals surface area contributed by atoms with Crippen molar-refractivity contribution in [2.45, 2.75) is 38.3 Å². The molecule has 2 N–H and O–H groups in total. The van der Waals surface area contributed by atoms with Gasteiger partial charge in [0.05, 0.1) is 22.6 Å². The highest BCUT2D eigenvalue weighted by molar-refractivity contribution is 7.98. The number of aryl methyl sites for hydroxylation is 3. The van der Waals surface area contributed by atoms with Crippen LogP contribution in [0.15, 0.2) is 27.9 Å². The Morgan fingerprint density at radius 1 is 1.33 bits per heavy atom. The van der Waals surface area contributed by atoms with Gasteiger partial charge in [-0.05, 0) is 44.9 Å². The number of amides is 1. The monoisotopic (exact) mass is 403 g/mol. The topological polar surface area (TPSA) is 84.1 Å². The fourth-order valence-electron chi connectivity index (χ4n) is 2.67. The summed E-state index contributed by atoms with van der Waals surface area (Å²) in [5.74, 6) is 0.784. The molecule has 27 heavy (non-hydrogen) atoms. The zero-order valence-electron chi connectivity index (χ0n) is 15.6. The molecule has 1 aromatic carbocycles. The van der Waals surface area contributed by atoms with Crippen LogP contribution in [0.4, 0.5) is 0 Å². The minimum atomic E-state index is -0.358. The number of aromatic nitrogens is 2. The second-order valence-electron chi connectivity index (χ2n) is 6.17. The molecule has 1 amide bonds. The number of hydroxylamine groups is 1. The first kappa shape index (κ1) is 19.6. The lowest BCUT2D eigenvalue weighted by Crippen LogP contribution is -2.23. The first-order valence-corrected chi connectivity index (χ1v) is 10.4. The predicted octanol–water partition coefficient (Wildman–Crippen LogP) is 3.88. The normalized spacial score (nSPS) is 11.1. The van der Waals surface area contributed by atoms with Gasteiger partial charge >= 0.3 is 0 Å². The molecule has 3 rings (SSSR count). The van der Waals surface area contributed by atoms with E-state index in [1.807, 2.05) is 0 Å². The minimum Gasteiger partial charge on any atom is -0.309 e. The van der Waals surface area contributed by atoms with Crippen LogP contribution in [0.2, 0.25) is 0 Å². The highest BCUT2D eigenvalue weighted by atomic mass is 32.2. The molecule has 0 saturated heterocycles. The lowest BCUT2D eigenvalue weighted by atomic mass is 10.2. The van der Waals surface area contributed by atoms with Gasteiger partial charge in [0, 0.05) is 4.90 Å². The Morgan fingerprint density at radius 3 is 2.85 bits per heavy atom. The van der Waals surface area contributed by atoms with Crippen molar-refractivity contribution in [3.05, 3.63) is 55.9 Å². The van der Waals surface area contributed by atoms with Crippen molar-refractivity contribution in [3.63, 3.8) is 0 Å². The number of benzene rings is 1. The molecule has 0 aliphatic rings. The molecule has 0 atom stereocenters. The van der Waals surface area contributed by atoms with Crippen LogP contribution in [0.3, 0.4) is 0 Å². The van der Waals surface area contributed by atoms with Gasteiger partial charge in [-0.1, -0.05) is 17.7 Å². The second-order valence-corrected chi connectivity index (χ2v) is 8.19. The predicted molar refractivity (Wildman–Crippen MR) is 110 cm³/mol. The van der Waals surface area contributed by atoms with E-state index >= 15 is 0 Å². The van der Waals surface area contributed by atoms with E-state index in [0.29, 0.717) is 38.8 Å². The van der Waals surface area contributed by atoms with Crippen LogP contribution < -0.4 is 11.0 Å². The number of hydrogen-bond donors (Lipinski definition) is 2. The fraction of sp³-hybridized carbons (Fsp3) is 0.316. The summed E-state index contributed by atoms with van der Waals surface area (Å²) in [7, 11) is 0. The van der Waals surface area contributed by atoms with Gasteiger partial charge in [-0.3, -0.25) is 14.4 Å². The summed E-state index contributed by atoms with van der Waals surface area (Å²) in [5, 5.41) is 0.460. The SMILES string of the molecule is CCONC(=O)c1sc2nc(CSc3cc(C)ccc3C)[nH]c(=O)c2c1C. The molecule has 2 aromatic heterocycles. The van der Waals surface area contributed by atoms with E-state index in [0.717, 1.165) is 4.90 Å². The first-order valence-electron chi connectivity index (χ1n) is 8.55. The Balaban J connectivity index is 1.89. The molecule has 0 spiro atoms. The summed E-state index contributed by atoms with van der Waals surface area (Å²) in [5.41, 5.74) is 5.15. The number of nitrogens with one attached hydrogen (secondary N) is 2. The van der Waals surface area contributed by atoms with E-state index < -0.39 is 0 Å². The van der Waals surface area contributed by atoms with Crippen molar-refractivity contribution in [2.24, 2.45) is 0 Å². The summed E-state index contributed by atoms with van der Waals surface area (Å²) >= 11 is 2.84. The maximum absolute atomic E-state index is 12.5. The van der Waals surface area contributed by atoms with Crippen molar-refractivity contribution in [3.8, 4) is 0 Å². The number of rotatable bonds is 6. The average molecular weight is 404 g/mol. The van der Waals surface area contributed by atoms with Gasteiger partial charge in [0.25, 0.3) is 11.5 Å². The van der Waals surface area contributed by atoms with E-state index in [1.54, 1.807) is 25.6 Å². The lowest BCUT2D eigenvalue weighted by molar-refractivity contribution is 0.0368. The molecule has 0 bridgehead atoms. The maximum atomic E-state index is 12.5. The number of nitrogens with zero attached hydrogens (tertiary/aromatic N) is 1. The standard InChI is InChI=1S/C19H21N3O3S2/c1-5-25-22-18(24)16-12(4)15-17(23)20-14(21-19(15)27-16)9-26-13-8-10(2)6-7-11(13)3/h6-8H,5,9H2,1-4H3,(H,22,24)(H,20,21,23). The summed E-state index contributed by atoms with van der Waals surface area (Å²) in [6, 6.07) is 6.29. The van der Waals surface area contributed by atoms with Crippen LogP contribution in [0.1, 0.15) is 39.1 Å². The van der Waals surface area contributed by atoms with Crippen LogP contribution in [-0.4, -0.2) is 22.5 Å². The van der Waals surface area contributed by atoms with Crippen LogP contribution in [0.5, 0.6) is 0 Å². The van der Waals surface area contributed by atoms with Crippen LogP contribution in [0, 0.1) is 20.8 Å². The molecule has 0 aliphatic heterocycles. The molecule has 8 heteroatoms. The summed E-state index contributed by atoms with van der Waals surface area (Å²) < 4.78 is 0. The fourth-order valence-corrected chi connectivity index (χ4v) is 4.75. The maximum Gasteiger partial charge on any atom is 0.285 e. The minimum absolute atomic E-state index is 0.222. The smallest absolute Gasteiger partial charge is 0.285 e. The highest BCUT2D eigenvalue weighted by Crippen LogP contribution is 2.29. The van der Waals surface area contributed by atoms with E-state index in [2.05, 4.69) is 47.5 Å². The molecule has 0 radical (unpaired) electrons. The number of H-pyrrole nitrogens is 1. The van der Waals surface area contributed by atoms with Crippen LogP contribution >= 0.6 is 23.1 Å². The Morgan fingerprint density at radius 2 is 2.11 bits per heavy atom. The quantitative estimate of drug-likeness (QED) is 0.482. The van der Waals surface area contributed by atoms with E-state index in [1.165, 1.54) is 22.5 Å². The third kappa shape index (κ3) is 4.23. The molecular formula is C19H21N3O3S2. The number of aromatic amines is 1.